The van der Waals surface area contributed by atoms with E-state index in [1.807, 2.05) is 51.1 Å². The van der Waals surface area contributed by atoms with Crippen molar-refractivity contribution in [2.24, 2.45) is 0 Å². The molecule has 7 nitrogen and oxygen atoms in total. The van der Waals surface area contributed by atoms with Gasteiger partial charge in [0, 0.05) is 17.1 Å². The molecule has 9 heteroatoms. The molecule has 0 fully saturated rings. The lowest BCUT2D eigenvalue weighted by Gasteiger charge is -2.33. The van der Waals surface area contributed by atoms with E-state index >= 15 is 0 Å². The van der Waals surface area contributed by atoms with Crippen molar-refractivity contribution in [3.05, 3.63) is 64.6 Å². The Labute approximate surface area is 199 Å². The molecule has 0 aliphatic rings. The summed E-state index contributed by atoms with van der Waals surface area (Å²) < 4.78 is 26.8. The van der Waals surface area contributed by atoms with Gasteiger partial charge in [0.05, 0.1) is 11.9 Å². The molecule has 0 saturated carbocycles. The van der Waals surface area contributed by atoms with Crippen LogP contribution in [0.5, 0.6) is 0 Å². The van der Waals surface area contributed by atoms with E-state index in [2.05, 4.69) is 21.2 Å². The summed E-state index contributed by atoms with van der Waals surface area (Å²) in [5, 5.41) is 2.87. The zero-order valence-electron chi connectivity index (χ0n) is 18.8. The Balaban J connectivity index is 2.43. The number of anilines is 1. The Hall–Kier alpha value is -2.39. The minimum atomic E-state index is -3.76. The third kappa shape index (κ3) is 7.06. The molecule has 2 rings (SSSR count). The number of amides is 2. The van der Waals surface area contributed by atoms with Gasteiger partial charge in [0.15, 0.2) is 0 Å². The smallest absolute Gasteiger partial charge is 0.244 e. The van der Waals surface area contributed by atoms with Gasteiger partial charge in [0.1, 0.15) is 12.6 Å². The SMILES string of the molecule is CC[C@H](C(=O)NC(C)C)N(Cc1ccccc1)C(=O)CN(c1ccccc1Br)S(C)(=O)=O. The molecule has 174 valence electrons. The highest BCUT2D eigenvalue weighted by molar-refractivity contribution is 9.10. The van der Waals surface area contributed by atoms with Crippen molar-refractivity contribution in [1.82, 2.24) is 10.2 Å². The molecule has 32 heavy (non-hydrogen) atoms. The van der Waals surface area contributed by atoms with Crippen molar-refractivity contribution in [2.75, 3.05) is 17.1 Å². The van der Waals surface area contributed by atoms with E-state index in [0.717, 1.165) is 16.1 Å². The molecule has 0 saturated heterocycles. The van der Waals surface area contributed by atoms with Crippen molar-refractivity contribution in [2.45, 2.75) is 45.8 Å². The fourth-order valence-electron chi connectivity index (χ4n) is 3.33. The summed E-state index contributed by atoms with van der Waals surface area (Å²) in [6, 6.07) is 15.3. The van der Waals surface area contributed by atoms with E-state index in [-0.39, 0.29) is 18.5 Å². The van der Waals surface area contributed by atoms with E-state index in [4.69, 9.17) is 0 Å². The maximum absolute atomic E-state index is 13.5. The van der Waals surface area contributed by atoms with Crippen LogP contribution in [0.15, 0.2) is 59.1 Å². The number of nitrogens with one attached hydrogen (secondary N) is 1. The number of hydrogen-bond donors (Lipinski definition) is 1. The second kappa shape index (κ2) is 11.5. The van der Waals surface area contributed by atoms with E-state index in [1.54, 1.807) is 24.3 Å². The molecule has 0 unspecified atom stereocenters. The molecule has 2 aromatic carbocycles. The third-order valence-electron chi connectivity index (χ3n) is 4.81. The lowest BCUT2D eigenvalue weighted by molar-refractivity contribution is -0.140. The van der Waals surface area contributed by atoms with Gasteiger partial charge in [0.2, 0.25) is 21.8 Å². The number of hydrogen-bond acceptors (Lipinski definition) is 4. The lowest BCUT2D eigenvalue weighted by Crippen LogP contribution is -2.53. The summed E-state index contributed by atoms with van der Waals surface area (Å²) in [6.45, 7) is 5.31. The van der Waals surface area contributed by atoms with Gasteiger partial charge in [-0.1, -0.05) is 49.4 Å². The Morgan fingerprint density at radius 1 is 1.03 bits per heavy atom. The molecular weight excluding hydrogens is 494 g/mol. The van der Waals surface area contributed by atoms with Gasteiger partial charge < -0.3 is 10.2 Å². The monoisotopic (exact) mass is 523 g/mol. The highest BCUT2D eigenvalue weighted by Gasteiger charge is 2.32. The molecule has 2 aromatic rings. The first-order valence-corrected chi connectivity index (χ1v) is 13.0. The summed E-state index contributed by atoms with van der Waals surface area (Å²) >= 11 is 3.37. The van der Waals surface area contributed by atoms with Crippen molar-refractivity contribution < 1.29 is 18.0 Å². The minimum absolute atomic E-state index is 0.0852. The van der Waals surface area contributed by atoms with Crippen LogP contribution in [0.4, 0.5) is 5.69 Å². The summed E-state index contributed by atoms with van der Waals surface area (Å²) in [5.74, 6) is -0.723. The molecule has 1 atom stereocenters. The van der Waals surface area contributed by atoms with Crippen LogP contribution in [0.1, 0.15) is 32.8 Å². The highest BCUT2D eigenvalue weighted by atomic mass is 79.9. The number of carbonyl (C=O) groups excluding carboxylic acids is 2. The summed E-state index contributed by atoms with van der Waals surface area (Å²) in [4.78, 5) is 27.8. The van der Waals surface area contributed by atoms with Gasteiger partial charge in [-0.15, -0.1) is 0 Å². The van der Waals surface area contributed by atoms with Crippen molar-refractivity contribution in [3.8, 4) is 0 Å². The maximum Gasteiger partial charge on any atom is 0.244 e. The van der Waals surface area contributed by atoms with Crippen LogP contribution in [-0.4, -0.2) is 50.0 Å². The summed E-state index contributed by atoms with van der Waals surface area (Å²) in [7, 11) is -3.76. The molecule has 1 N–H and O–H groups in total. The van der Waals surface area contributed by atoms with Crippen LogP contribution >= 0.6 is 15.9 Å². The number of nitrogens with zero attached hydrogens (tertiary/aromatic N) is 2. The fraction of sp³-hybridized carbons (Fsp3) is 0.391. The van der Waals surface area contributed by atoms with Gasteiger partial charge in [-0.3, -0.25) is 13.9 Å². The van der Waals surface area contributed by atoms with Crippen molar-refractivity contribution >= 4 is 43.5 Å². The Kier molecular flexibility index (Phi) is 9.27. The Morgan fingerprint density at radius 3 is 2.16 bits per heavy atom. The van der Waals surface area contributed by atoms with Crippen LogP contribution in [0.3, 0.4) is 0 Å². The van der Waals surface area contributed by atoms with E-state index < -0.39 is 28.5 Å². The van der Waals surface area contributed by atoms with Gasteiger partial charge in [-0.2, -0.15) is 0 Å². The predicted molar refractivity (Wildman–Crippen MR) is 131 cm³/mol. The molecule has 0 aliphatic carbocycles. The van der Waals surface area contributed by atoms with Gasteiger partial charge in [0.25, 0.3) is 0 Å². The zero-order valence-corrected chi connectivity index (χ0v) is 21.2. The Bertz CT molecular complexity index is 1030. The standard InChI is InChI=1S/C23H30BrN3O4S/c1-5-20(23(29)25-17(2)3)26(15-18-11-7-6-8-12-18)22(28)16-27(32(4,30)31)21-14-10-9-13-19(21)24/h6-14,17,20H,5,15-16H2,1-4H3,(H,25,29)/t20-/m1/s1. The number of sulfonamides is 1. The third-order valence-corrected chi connectivity index (χ3v) is 6.61. The molecule has 0 radical (unpaired) electrons. The highest BCUT2D eigenvalue weighted by Crippen LogP contribution is 2.28. The molecule has 0 aliphatic heterocycles. The average molecular weight is 524 g/mol. The Morgan fingerprint density at radius 2 is 1.62 bits per heavy atom. The second-order valence-electron chi connectivity index (χ2n) is 7.82. The zero-order chi connectivity index (χ0) is 23.9. The van der Waals surface area contributed by atoms with Crippen LogP contribution in [-0.2, 0) is 26.2 Å². The van der Waals surface area contributed by atoms with Crippen LogP contribution < -0.4 is 9.62 Å². The molecule has 0 heterocycles. The van der Waals surface area contributed by atoms with E-state index in [0.29, 0.717) is 16.6 Å². The van der Waals surface area contributed by atoms with Gasteiger partial charge in [-0.05, 0) is 53.9 Å². The molecule has 0 bridgehead atoms. The van der Waals surface area contributed by atoms with Crippen molar-refractivity contribution in [1.29, 1.82) is 0 Å². The van der Waals surface area contributed by atoms with E-state index in [9.17, 15) is 18.0 Å². The van der Waals surface area contributed by atoms with Crippen LogP contribution in [0.25, 0.3) is 0 Å². The summed E-state index contributed by atoms with van der Waals surface area (Å²) in [6.07, 6.45) is 1.45. The number of para-hydroxylation sites is 1. The number of carbonyl (C=O) groups is 2. The topological polar surface area (TPSA) is 86.8 Å². The molecule has 0 aromatic heterocycles. The summed E-state index contributed by atoms with van der Waals surface area (Å²) in [5.41, 5.74) is 1.21. The largest absolute Gasteiger partial charge is 0.352 e. The number of halogens is 1. The average Bonchev–Trinajstić information content (AvgIpc) is 2.71. The number of rotatable bonds is 10. The molecular formula is C23H30BrN3O4S. The van der Waals surface area contributed by atoms with Gasteiger partial charge >= 0.3 is 0 Å². The first-order chi connectivity index (χ1) is 15.0. The fourth-order valence-corrected chi connectivity index (χ4v) is 4.81. The first kappa shape index (κ1) is 25.9. The lowest BCUT2D eigenvalue weighted by atomic mass is 10.1. The quantitative estimate of drug-likeness (QED) is 0.515. The minimum Gasteiger partial charge on any atom is -0.352 e. The second-order valence-corrected chi connectivity index (χ2v) is 10.6. The van der Waals surface area contributed by atoms with Gasteiger partial charge in [-0.25, -0.2) is 8.42 Å². The van der Waals surface area contributed by atoms with Crippen LogP contribution in [0.2, 0.25) is 0 Å². The van der Waals surface area contributed by atoms with E-state index in [1.165, 1.54) is 4.90 Å². The normalized spacial score (nSPS) is 12.3. The molecule has 2 amide bonds. The number of benzene rings is 2. The van der Waals surface area contributed by atoms with Crippen LogP contribution in [0, 0.1) is 0 Å². The maximum atomic E-state index is 13.5. The molecule has 0 spiro atoms. The van der Waals surface area contributed by atoms with Crippen molar-refractivity contribution in [3.63, 3.8) is 0 Å². The first-order valence-electron chi connectivity index (χ1n) is 10.4. The predicted octanol–water partition coefficient (Wildman–Crippen LogP) is 3.55.